The fourth-order valence-corrected chi connectivity index (χ4v) is 2.59. The molecule has 3 heterocycles. The lowest BCUT2D eigenvalue weighted by molar-refractivity contribution is -0.120. The SMILES string of the molecule is Cc1nc2cc(=O)[nH]n2c(C)c1CC(=O)NCCc1ncc[nH]1. The van der Waals surface area contributed by atoms with Gasteiger partial charge in [-0.2, -0.15) is 0 Å². The van der Waals surface area contributed by atoms with E-state index in [0.29, 0.717) is 18.6 Å². The smallest absolute Gasteiger partial charge is 0.266 e. The van der Waals surface area contributed by atoms with Crippen LogP contribution in [0, 0.1) is 13.8 Å². The maximum Gasteiger partial charge on any atom is 0.266 e. The number of carbonyl (C=O) groups is 1. The van der Waals surface area contributed by atoms with Gasteiger partial charge in [0.2, 0.25) is 5.91 Å². The van der Waals surface area contributed by atoms with Crippen LogP contribution in [-0.4, -0.2) is 37.0 Å². The van der Waals surface area contributed by atoms with E-state index in [1.54, 1.807) is 16.9 Å². The molecule has 3 N–H and O–H groups in total. The van der Waals surface area contributed by atoms with E-state index in [4.69, 9.17) is 0 Å². The summed E-state index contributed by atoms with van der Waals surface area (Å²) in [4.78, 5) is 35.0. The van der Waals surface area contributed by atoms with E-state index < -0.39 is 0 Å². The van der Waals surface area contributed by atoms with Gasteiger partial charge >= 0.3 is 0 Å². The number of aryl methyl sites for hydroxylation is 2. The number of amides is 1. The van der Waals surface area contributed by atoms with Gasteiger partial charge in [0.05, 0.1) is 6.42 Å². The average Bonchev–Trinajstić information content (AvgIpc) is 3.13. The molecule has 8 heteroatoms. The highest BCUT2D eigenvalue weighted by Gasteiger charge is 2.14. The number of hydrogen-bond donors (Lipinski definition) is 3. The second-order valence-electron chi connectivity index (χ2n) is 5.39. The Morgan fingerprint density at radius 2 is 2.22 bits per heavy atom. The minimum atomic E-state index is -0.208. The van der Waals surface area contributed by atoms with Crippen LogP contribution in [0.15, 0.2) is 23.3 Å². The van der Waals surface area contributed by atoms with Crippen LogP contribution >= 0.6 is 0 Å². The second kappa shape index (κ2) is 6.07. The van der Waals surface area contributed by atoms with Gasteiger partial charge in [0.1, 0.15) is 5.82 Å². The molecule has 0 atom stereocenters. The number of nitrogens with zero attached hydrogens (tertiary/aromatic N) is 3. The Morgan fingerprint density at radius 3 is 2.96 bits per heavy atom. The largest absolute Gasteiger partial charge is 0.355 e. The Labute approximate surface area is 132 Å². The van der Waals surface area contributed by atoms with Crippen molar-refractivity contribution in [1.29, 1.82) is 0 Å². The zero-order chi connectivity index (χ0) is 16.4. The van der Waals surface area contributed by atoms with Crippen molar-refractivity contribution in [2.24, 2.45) is 0 Å². The molecular formula is C15H18N6O2. The van der Waals surface area contributed by atoms with E-state index in [-0.39, 0.29) is 17.9 Å². The van der Waals surface area contributed by atoms with E-state index in [1.165, 1.54) is 6.07 Å². The molecular weight excluding hydrogens is 296 g/mol. The number of aromatic nitrogens is 5. The Balaban J connectivity index is 1.70. The van der Waals surface area contributed by atoms with Crippen LogP contribution in [0.4, 0.5) is 0 Å². The Morgan fingerprint density at radius 1 is 1.39 bits per heavy atom. The summed E-state index contributed by atoms with van der Waals surface area (Å²) in [5.41, 5.74) is 2.74. The lowest BCUT2D eigenvalue weighted by Gasteiger charge is -2.11. The third-order valence-corrected chi connectivity index (χ3v) is 3.78. The Kier molecular flexibility index (Phi) is 3.96. The molecule has 3 aromatic rings. The lowest BCUT2D eigenvalue weighted by Crippen LogP contribution is -2.28. The van der Waals surface area contributed by atoms with E-state index in [2.05, 4.69) is 25.4 Å². The molecule has 3 rings (SSSR count). The molecule has 0 aromatic carbocycles. The van der Waals surface area contributed by atoms with Crippen molar-refractivity contribution in [2.75, 3.05) is 6.54 Å². The number of nitrogens with one attached hydrogen (secondary N) is 3. The summed E-state index contributed by atoms with van der Waals surface area (Å²) in [5.74, 6) is 0.754. The van der Waals surface area contributed by atoms with Crippen LogP contribution in [0.1, 0.15) is 22.8 Å². The minimum Gasteiger partial charge on any atom is -0.355 e. The van der Waals surface area contributed by atoms with E-state index in [0.717, 1.165) is 22.8 Å². The first-order valence-electron chi connectivity index (χ1n) is 7.37. The van der Waals surface area contributed by atoms with E-state index in [1.807, 2.05) is 13.8 Å². The Bertz CT molecular complexity index is 891. The third kappa shape index (κ3) is 3.15. The quantitative estimate of drug-likeness (QED) is 0.628. The number of carbonyl (C=O) groups excluding carboxylic acids is 1. The highest BCUT2D eigenvalue weighted by molar-refractivity contribution is 5.79. The first-order chi connectivity index (χ1) is 11.0. The van der Waals surface area contributed by atoms with Crippen molar-refractivity contribution in [2.45, 2.75) is 26.7 Å². The zero-order valence-corrected chi connectivity index (χ0v) is 13.0. The van der Waals surface area contributed by atoms with Gasteiger partial charge in [-0.3, -0.25) is 14.7 Å². The van der Waals surface area contributed by atoms with Gasteiger partial charge in [-0.15, -0.1) is 0 Å². The molecule has 0 unspecified atom stereocenters. The molecule has 0 radical (unpaired) electrons. The fraction of sp³-hybridized carbons (Fsp3) is 0.333. The zero-order valence-electron chi connectivity index (χ0n) is 13.0. The number of aromatic amines is 2. The summed E-state index contributed by atoms with van der Waals surface area (Å²) < 4.78 is 1.61. The second-order valence-corrected chi connectivity index (χ2v) is 5.39. The topological polar surface area (TPSA) is 108 Å². The van der Waals surface area contributed by atoms with Crippen molar-refractivity contribution in [3.63, 3.8) is 0 Å². The number of rotatable bonds is 5. The van der Waals surface area contributed by atoms with Gasteiger partial charge in [0, 0.05) is 48.4 Å². The maximum absolute atomic E-state index is 12.1. The molecule has 0 aliphatic rings. The van der Waals surface area contributed by atoms with Gasteiger partial charge < -0.3 is 10.3 Å². The van der Waals surface area contributed by atoms with Crippen LogP contribution in [0.5, 0.6) is 0 Å². The molecule has 0 aliphatic heterocycles. The number of H-pyrrole nitrogens is 2. The summed E-state index contributed by atoms with van der Waals surface area (Å²) in [6.07, 6.45) is 4.31. The standard InChI is InChI=1S/C15H18N6O2/c1-9-11(10(2)21-13(19-9)8-15(23)20-21)7-14(22)18-4-3-12-16-5-6-17-12/h5-6,8H,3-4,7H2,1-2H3,(H,16,17)(H,18,22)(H,20,23). The van der Waals surface area contributed by atoms with Gasteiger partial charge in [-0.1, -0.05) is 0 Å². The summed E-state index contributed by atoms with van der Waals surface area (Å²) in [7, 11) is 0. The third-order valence-electron chi connectivity index (χ3n) is 3.78. The summed E-state index contributed by atoms with van der Waals surface area (Å²) in [6.45, 7) is 4.22. The normalized spacial score (nSPS) is 11.0. The summed E-state index contributed by atoms with van der Waals surface area (Å²) in [5, 5.41) is 5.55. The minimum absolute atomic E-state index is 0.0848. The predicted molar refractivity (Wildman–Crippen MR) is 84.3 cm³/mol. The molecule has 120 valence electrons. The maximum atomic E-state index is 12.1. The van der Waals surface area contributed by atoms with Crippen molar-refractivity contribution < 1.29 is 4.79 Å². The number of imidazole rings is 1. The highest BCUT2D eigenvalue weighted by atomic mass is 16.1. The number of fused-ring (bicyclic) bond motifs is 1. The molecule has 3 aromatic heterocycles. The molecule has 8 nitrogen and oxygen atoms in total. The van der Waals surface area contributed by atoms with Gasteiger partial charge in [-0.25, -0.2) is 14.5 Å². The van der Waals surface area contributed by atoms with Crippen molar-refractivity contribution >= 4 is 11.6 Å². The van der Waals surface area contributed by atoms with Crippen LogP contribution in [-0.2, 0) is 17.6 Å². The monoisotopic (exact) mass is 314 g/mol. The molecule has 0 bridgehead atoms. The molecule has 0 aliphatic carbocycles. The average molecular weight is 314 g/mol. The van der Waals surface area contributed by atoms with Gasteiger partial charge in [-0.05, 0) is 13.8 Å². The highest BCUT2D eigenvalue weighted by Crippen LogP contribution is 2.13. The van der Waals surface area contributed by atoms with E-state index in [9.17, 15) is 9.59 Å². The molecule has 0 saturated carbocycles. The van der Waals surface area contributed by atoms with Crippen LogP contribution < -0.4 is 10.9 Å². The molecule has 0 spiro atoms. The van der Waals surface area contributed by atoms with Crippen molar-refractivity contribution in [3.05, 3.63) is 51.6 Å². The lowest BCUT2D eigenvalue weighted by atomic mass is 10.1. The van der Waals surface area contributed by atoms with Crippen LogP contribution in [0.3, 0.4) is 0 Å². The molecule has 1 amide bonds. The molecule has 0 saturated heterocycles. The van der Waals surface area contributed by atoms with Crippen molar-refractivity contribution in [1.82, 2.24) is 29.9 Å². The van der Waals surface area contributed by atoms with Gasteiger partial charge in [0.15, 0.2) is 5.65 Å². The first kappa shape index (κ1) is 15.0. The van der Waals surface area contributed by atoms with Crippen LogP contribution in [0.25, 0.3) is 5.65 Å². The first-order valence-corrected chi connectivity index (χ1v) is 7.37. The Hall–Kier alpha value is -2.90. The van der Waals surface area contributed by atoms with Crippen molar-refractivity contribution in [3.8, 4) is 0 Å². The molecule has 23 heavy (non-hydrogen) atoms. The summed E-state index contributed by atoms with van der Waals surface area (Å²) >= 11 is 0. The summed E-state index contributed by atoms with van der Waals surface area (Å²) in [6, 6.07) is 1.44. The predicted octanol–water partition coefficient (Wildman–Crippen LogP) is 0.264. The molecule has 0 fully saturated rings. The van der Waals surface area contributed by atoms with E-state index >= 15 is 0 Å². The van der Waals surface area contributed by atoms with Crippen LogP contribution in [0.2, 0.25) is 0 Å². The van der Waals surface area contributed by atoms with Gasteiger partial charge in [0.25, 0.3) is 5.56 Å². The fourth-order valence-electron chi connectivity index (χ4n) is 2.59. The number of hydrogen-bond acceptors (Lipinski definition) is 4.